The Morgan fingerprint density at radius 2 is 2.12 bits per heavy atom. The number of hydrogen-bond donors (Lipinski definition) is 0. The van der Waals surface area contributed by atoms with Gasteiger partial charge in [0, 0.05) is 11.1 Å². The summed E-state index contributed by atoms with van der Waals surface area (Å²) in [5, 5.41) is 0.681. The Morgan fingerprint density at radius 1 is 1.31 bits per heavy atom. The summed E-state index contributed by atoms with van der Waals surface area (Å²) in [7, 11) is 0. The van der Waals surface area contributed by atoms with Gasteiger partial charge in [-0.25, -0.2) is 4.98 Å². The van der Waals surface area contributed by atoms with Gasteiger partial charge < -0.3 is 0 Å². The Kier molecular flexibility index (Phi) is 1.88. The van der Waals surface area contributed by atoms with Crippen molar-refractivity contribution in [2.75, 3.05) is 0 Å². The van der Waals surface area contributed by atoms with Crippen LogP contribution in [0.2, 0.25) is 0 Å². The first-order valence-corrected chi connectivity index (χ1v) is 5.86. The maximum Gasteiger partial charge on any atom is 0.266 e. The normalized spacial score (nSPS) is 11.4. The fourth-order valence-corrected chi connectivity index (χ4v) is 2.65. The third-order valence-electron chi connectivity index (χ3n) is 2.59. The molecule has 0 unspecified atom stereocenters. The maximum atomic E-state index is 12.1. The van der Waals surface area contributed by atoms with Crippen molar-refractivity contribution in [1.29, 1.82) is 0 Å². The van der Waals surface area contributed by atoms with E-state index in [0.717, 1.165) is 20.9 Å². The molecule has 0 fully saturated rings. The summed E-state index contributed by atoms with van der Waals surface area (Å²) >= 11 is 1.54. The van der Waals surface area contributed by atoms with Gasteiger partial charge in [0.15, 0.2) is 4.96 Å². The highest BCUT2D eigenvalue weighted by atomic mass is 32.1. The molecular formula is C12H10N2OS. The predicted octanol–water partition coefficient (Wildman–Crippen LogP) is 2.53. The van der Waals surface area contributed by atoms with Gasteiger partial charge in [0.1, 0.15) is 0 Å². The van der Waals surface area contributed by atoms with Crippen molar-refractivity contribution in [2.45, 2.75) is 13.8 Å². The van der Waals surface area contributed by atoms with Gasteiger partial charge in [-0.05, 0) is 31.5 Å². The summed E-state index contributed by atoms with van der Waals surface area (Å²) in [6.07, 6.45) is 1.84. The number of thiazole rings is 1. The molecule has 0 aliphatic carbocycles. The third kappa shape index (κ3) is 1.27. The molecule has 0 saturated heterocycles. The van der Waals surface area contributed by atoms with Crippen LogP contribution in [0.15, 0.2) is 29.2 Å². The van der Waals surface area contributed by atoms with Gasteiger partial charge in [0.05, 0.1) is 10.9 Å². The van der Waals surface area contributed by atoms with E-state index in [-0.39, 0.29) is 5.56 Å². The second kappa shape index (κ2) is 3.15. The largest absolute Gasteiger partial charge is 0.268 e. The van der Waals surface area contributed by atoms with E-state index >= 15 is 0 Å². The van der Waals surface area contributed by atoms with E-state index in [2.05, 4.69) is 4.98 Å². The summed E-state index contributed by atoms with van der Waals surface area (Å²) in [5.74, 6) is 0. The highest BCUT2D eigenvalue weighted by molar-refractivity contribution is 7.16. The van der Waals surface area contributed by atoms with Gasteiger partial charge in [-0.15, -0.1) is 11.3 Å². The molecule has 0 radical (unpaired) electrons. The van der Waals surface area contributed by atoms with Gasteiger partial charge in [-0.3, -0.25) is 9.20 Å². The van der Waals surface area contributed by atoms with Crippen molar-refractivity contribution in [3.05, 3.63) is 45.2 Å². The van der Waals surface area contributed by atoms with Crippen LogP contribution in [0.4, 0.5) is 0 Å². The van der Waals surface area contributed by atoms with E-state index in [1.165, 1.54) is 11.3 Å². The lowest BCUT2D eigenvalue weighted by atomic mass is 10.2. The summed E-state index contributed by atoms with van der Waals surface area (Å²) in [4.78, 5) is 18.5. The van der Waals surface area contributed by atoms with Crippen molar-refractivity contribution >= 4 is 27.2 Å². The van der Waals surface area contributed by atoms with E-state index < -0.39 is 0 Å². The van der Waals surface area contributed by atoms with Crippen LogP contribution in [0.5, 0.6) is 0 Å². The van der Waals surface area contributed by atoms with Crippen LogP contribution in [0.3, 0.4) is 0 Å². The van der Waals surface area contributed by atoms with Crippen LogP contribution < -0.4 is 5.56 Å². The smallest absolute Gasteiger partial charge is 0.266 e. The van der Waals surface area contributed by atoms with E-state index in [0.29, 0.717) is 5.39 Å². The zero-order valence-electron chi connectivity index (χ0n) is 9.02. The Bertz CT molecular complexity index is 755. The van der Waals surface area contributed by atoms with Crippen molar-refractivity contribution in [3.63, 3.8) is 0 Å². The monoisotopic (exact) mass is 230 g/mol. The lowest BCUT2D eigenvalue weighted by Crippen LogP contribution is -2.12. The van der Waals surface area contributed by atoms with Gasteiger partial charge in [0.25, 0.3) is 5.56 Å². The predicted molar refractivity (Wildman–Crippen MR) is 66.3 cm³/mol. The minimum atomic E-state index is 0.0179. The first kappa shape index (κ1) is 9.54. The Morgan fingerprint density at radius 3 is 2.94 bits per heavy atom. The van der Waals surface area contributed by atoms with Gasteiger partial charge in [0.2, 0.25) is 0 Å². The van der Waals surface area contributed by atoms with E-state index in [4.69, 9.17) is 0 Å². The van der Waals surface area contributed by atoms with Gasteiger partial charge >= 0.3 is 0 Å². The second-order valence-electron chi connectivity index (χ2n) is 3.93. The lowest BCUT2D eigenvalue weighted by molar-refractivity contribution is 1.10. The number of aromatic nitrogens is 2. The summed E-state index contributed by atoms with van der Waals surface area (Å²) < 4.78 is 1.62. The average molecular weight is 230 g/mol. The van der Waals surface area contributed by atoms with Crippen LogP contribution >= 0.6 is 11.3 Å². The minimum absolute atomic E-state index is 0.0179. The maximum absolute atomic E-state index is 12.1. The summed E-state index contributed by atoms with van der Waals surface area (Å²) in [5.41, 5.74) is 1.92. The Balaban J connectivity index is 2.60. The molecule has 2 aromatic heterocycles. The molecule has 3 rings (SSSR count). The van der Waals surface area contributed by atoms with Crippen molar-refractivity contribution in [2.24, 2.45) is 0 Å². The quantitative estimate of drug-likeness (QED) is 0.594. The SMILES string of the molecule is Cc1ccc2c(=O)n3cc(C)sc3nc2c1. The minimum Gasteiger partial charge on any atom is -0.268 e. The molecule has 0 bridgehead atoms. The van der Waals surface area contributed by atoms with E-state index in [1.807, 2.05) is 38.2 Å². The molecule has 16 heavy (non-hydrogen) atoms. The third-order valence-corrected chi connectivity index (χ3v) is 3.49. The standard InChI is InChI=1S/C12H10N2OS/c1-7-3-4-9-10(5-7)13-12-14(11(9)15)6-8(2)16-12/h3-6H,1-2H3. The van der Waals surface area contributed by atoms with Gasteiger partial charge in [-0.1, -0.05) is 6.07 Å². The number of benzene rings is 1. The van der Waals surface area contributed by atoms with Crippen molar-refractivity contribution < 1.29 is 0 Å². The van der Waals surface area contributed by atoms with Crippen LogP contribution in [0, 0.1) is 13.8 Å². The molecule has 0 aliphatic heterocycles. The zero-order chi connectivity index (χ0) is 11.3. The molecule has 3 aromatic rings. The molecule has 0 saturated carbocycles. The van der Waals surface area contributed by atoms with Crippen molar-refractivity contribution in [1.82, 2.24) is 9.38 Å². The second-order valence-corrected chi connectivity index (χ2v) is 5.15. The molecule has 0 aliphatic rings. The first-order chi connectivity index (χ1) is 7.65. The highest BCUT2D eigenvalue weighted by Gasteiger charge is 2.07. The van der Waals surface area contributed by atoms with Crippen LogP contribution in [0.25, 0.3) is 15.9 Å². The fourth-order valence-electron chi connectivity index (χ4n) is 1.83. The molecule has 0 spiro atoms. The molecule has 80 valence electrons. The first-order valence-electron chi connectivity index (χ1n) is 5.04. The van der Waals surface area contributed by atoms with Crippen LogP contribution in [-0.4, -0.2) is 9.38 Å². The molecule has 0 N–H and O–H groups in total. The molecule has 0 atom stereocenters. The Hall–Kier alpha value is -1.68. The topological polar surface area (TPSA) is 34.4 Å². The zero-order valence-corrected chi connectivity index (χ0v) is 9.84. The molecule has 1 aromatic carbocycles. The lowest BCUT2D eigenvalue weighted by Gasteiger charge is -1.99. The van der Waals surface area contributed by atoms with E-state index in [9.17, 15) is 4.79 Å². The average Bonchev–Trinajstić information content (AvgIpc) is 2.59. The number of aryl methyl sites for hydroxylation is 2. The number of nitrogens with zero attached hydrogens (tertiary/aromatic N) is 2. The molecule has 0 amide bonds. The number of hydrogen-bond acceptors (Lipinski definition) is 3. The number of fused-ring (bicyclic) bond motifs is 2. The molecule has 3 nitrogen and oxygen atoms in total. The van der Waals surface area contributed by atoms with E-state index in [1.54, 1.807) is 4.40 Å². The number of rotatable bonds is 0. The summed E-state index contributed by atoms with van der Waals surface area (Å²) in [6, 6.07) is 5.74. The fraction of sp³-hybridized carbons (Fsp3) is 0.167. The van der Waals surface area contributed by atoms with Crippen LogP contribution in [0.1, 0.15) is 10.4 Å². The Labute approximate surface area is 96.0 Å². The van der Waals surface area contributed by atoms with Crippen LogP contribution in [-0.2, 0) is 0 Å². The molecule has 2 heterocycles. The highest BCUT2D eigenvalue weighted by Crippen LogP contribution is 2.17. The molecular weight excluding hydrogens is 220 g/mol. The van der Waals surface area contributed by atoms with Crippen molar-refractivity contribution in [3.8, 4) is 0 Å². The molecule has 4 heteroatoms. The summed E-state index contributed by atoms with van der Waals surface area (Å²) in [6.45, 7) is 3.98. The van der Waals surface area contributed by atoms with Gasteiger partial charge in [-0.2, -0.15) is 0 Å².